The fourth-order valence-corrected chi connectivity index (χ4v) is 3.59. The lowest BCUT2D eigenvalue weighted by Gasteiger charge is -2.07. The van der Waals surface area contributed by atoms with Crippen LogP contribution in [-0.2, 0) is 19.8 Å². The van der Waals surface area contributed by atoms with Crippen molar-refractivity contribution in [2.75, 3.05) is 0 Å². The number of aryl methyl sites for hydroxylation is 1. The van der Waals surface area contributed by atoms with Gasteiger partial charge in [-0.05, 0) is 17.2 Å². The van der Waals surface area contributed by atoms with Gasteiger partial charge in [-0.2, -0.15) is 18.2 Å². The van der Waals surface area contributed by atoms with E-state index in [1.54, 1.807) is 30.9 Å². The molecule has 0 spiro atoms. The number of hydrogen-bond acceptors (Lipinski definition) is 4. The average molecular weight is 432 g/mol. The van der Waals surface area contributed by atoms with Crippen LogP contribution in [0.3, 0.4) is 0 Å². The van der Waals surface area contributed by atoms with Crippen LogP contribution < -0.4 is 0 Å². The number of alkyl halides is 3. The number of hydrogen-bond donors (Lipinski definition) is 0. The molecule has 4 heterocycles. The molecule has 5 aromatic rings. The second-order valence-electron chi connectivity index (χ2n) is 6.81. The van der Waals surface area contributed by atoms with Crippen LogP contribution in [0.4, 0.5) is 13.2 Å². The Labute approximate surface area is 172 Å². The maximum Gasteiger partial charge on any atom is 0.434 e. The smallest absolute Gasteiger partial charge is 0.333 e. The Morgan fingerprint density at radius 1 is 1.07 bits per heavy atom. The monoisotopic (exact) mass is 431 g/mol. The summed E-state index contributed by atoms with van der Waals surface area (Å²) in [7, 11) is 1.54. The van der Waals surface area contributed by atoms with Crippen molar-refractivity contribution < 1.29 is 13.2 Å². The number of aromatic nitrogens is 7. The SMILES string of the molecule is Cn1cc(C(F)(F)F)nc1-c1ccc(Cn2c3nc(Cl)ncc3n3cncc23)cc1. The summed E-state index contributed by atoms with van der Waals surface area (Å²) in [4.78, 5) is 16.3. The summed E-state index contributed by atoms with van der Waals surface area (Å²) >= 11 is 5.98. The van der Waals surface area contributed by atoms with E-state index in [2.05, 4.69) is 19.9 Å². The number of rotatable bonds is 3. The van der Waals surface area contributed by atoms with Crippen molar-refractivity contribution in [1.82, 2.24) is 33.5 Å². The minimum Gasteiger partial charge on any atom is -0.333 e. The largest absolute Gasteiger partial charge is 0.434 e. The second-order valence-corrected chi connectivity index (χ2v) is 7.15. The molecular weight excluding hydrogens is 419 g/mol. The summed E-state index contributed by atoms with van der Waals surface area (Å²) in [6, 6.07) is 7.19. The summed E-state index contributed by atoms with van der Waals surface area (Å²) in [5, 5.41) is 0.142. The molecule has 0 bridgehead atoms. The van der Waals surface area contributed by atoms with E-state index in [-0.39, 0.29) is 11.1 Å². The van der Waals surface area contributed by atoms with Gasteiger partial charge < -0.3 is 9.13 Å². The van der Waals surface area contributed by atoms with Crippen LogP contribution >= 0.6 is 11.6 Å². The fourth-order valence-electron chi connectivity index (χ4n) is 3.46. The lowest BCUT2D eigenvalue weighted by atomic mass is 10.1. The highest BCUT2D eigenvalue weighted by Gasteiger charge is 2.34. The van der Waals surface area contributed by atoms with E-state index >= 15 is 0 Å². The Hall–Kier alpha value is -3.40. The van der Waals surface area contributed by atoms with Gasteiger partial charge in [-0.1, -0.05) is 24.3 Å². The minimum absolute atomic E-state index is 0.142. The summed E-state index contributed by atoms with van der Waals surface area (Å²) in [5.41, 5.74) is 2.87. The minimum atomic E-state index is -4.48. The first kappa shape index (κ1) is 18.6. The van der Waals surface area contributed by atoms with Crippen molar-refractivity contribution in [1.29, 1.82) is 0 Å². The van der Waals surface area contributed by atoms with Gasteiger partial charge in [0.1, 0.15) is 23.3 Å². The third-order valence-corrected chi connectivity index (χ3v) is 5.03. The van der Waals surface area contributed by atoms with Crippen LogP contribution in [-0.4, -0.2) is 33.5 Å². The van der Waals surface area contributed by atoms with Gasteiger partial charge in [-0.15, -0.1) is 0 Å². The molecule has 30 heavy (non-hydrogen) atoms. The van der Waals surface area contributed by atoms with E-state index in [1.165, 1.54) is 11.6 Å². The summed E-state index contributed by atoms with van der Waals surface area (Å²) in [6.07, 6.45) is 1.53. The van der Waals surface area contributed by atoms with Crippen LogP contribution in [0.25, 0.3) is 28.2 Å². The molecule has 152 valence electrons. The van der Waals surface area contributed by atoms with E-state index in [0.29, 0.717) is 17.8 Å². The average Bonchev–Trinajstić information content (AvgIpc) is 3.38. The second kappa shape index (κ2) is 6.56. The molecule has 0 saturated heterocycles. The number of imidazole rings is 3. The van der Waals surface area contributed by atoms with Gasteiger partial charge in [0.15, 0.2) is 11.3 Å². The molecule has 0 radical (unpaired) electrons. The van der Waals surface area contributed by atoms with Crippen LogP contribution in [0.2, 0.25) is 5.28 Å². The predicted octanol–water partition coefficient (Wildman–Crippen LogP) is 4.20. The van der Waals surface area contributed by atoms with E-state index in [1.807, 2.05) is 21.1 Å². The first-order valence-corrected chi connectivity index (χ1v) is 9.22. The predicted molar refractivity (Wildman–Crippen MR) is 104 cm³/mol. The lowest BCUT2D eigenvalue weighted by molar-refractivity contribution is -0.140. The molecule has 4 aromatic heterocycles. The number of fused-ring (bicyclic) bond motifs is 3. The Balaban J connectivity index is 1.51. The Morgan fingerprint density at radius 3 is 2.53 bits per heavy atom. The molecular formula is C19H13ClF3N7. The van der Waals surface area contributed by atoms with Crippen molar-refractivity contribution in [3.05, 3.63) is 65.7 Å². The van der Waals surface area contributed by atoms with Gasteiger partial charge in [0, 0.05) is 18.8 Å². The standard InChI is InChI=1S/C19H13ClF3N7/c1-28-9-14(19(21,22)23)26-16(28)12-4-2-11(3-5-12)8-29-15-7-24-10-30(15)13-6-25-18(20)27-17(13)29/h2-7,9-10H,8H2,1H3. The topological polar surface area (TPSA) is 65.8 Å². The molecule has 5 rings (SSSR count). The molecule has 0 N–H and O–H groups in total. The molecule has 0 aliphatic heterocycles. The summed E-state index contributed by atoms with van der Waals surface area (Å²) in [5.74, 6) is 0.248. The van der Waals surface area contributed by atoms with Gasteiger partial charge in [0.2, 0.25) is 5.28 Å². The third-order valence-electron chi connectivity index (χ3n) is 4.85. The molecule has 0 fully saturated rings. The van der Waals surface area contributed by atoms with E-state index < -0.39 is 11.9 Å². The van der Waals surface area contributed by atoms with E-state index in [4.69, 9.17) is 11.6 Å². The molecule has 11 heteroatoms. The Morgan fingerprint density at radius 2 is 1.83 bits per heavy atom. The van der Waals surface area contributed by atoms with Crippen molar-refractivity contribution in [3.8, 4) is 11.4 Å². The first-order valence-electron chi connectivity index (χ1n) is 8.84. The molecule has 7 nitrogen and oxygen atoms in total. The third kappa shape index (κ3) is 3.00. The summed E-state index contributed by atoms with van der Waals surface area (Å²) < 4.78 is 44.0. The normalized spacial score (nSPS) is 12.3. The van der Waals surface area contributed by atoms with Gasteiger partial charge in [0.25, 0.3) is 0 Å². The fraction of sp³-hybridized carbons (Fsp3) is 0.158. The van der Waals surface area contributed by atoms with Crippen LogP contribution in [0.15, 0.2) is 49.2 Å². The molecule has 0 amide bonds. The zero-order valence-corrected chi connectivity index (χ0v) is 16.2. The molecule has 0 aliphatic carbocycles. The van der Waals surface area contributed by atoms with Crippen molar-refractivity contribution in [2.24, 2.45) is 7.05 Å². The van der Waals surface area contributed by atoms with Crippen LogP contribution in [0, 0.1) is 0 Å². The number of benzene rings is 1. The highest BCUT2D eigenvalue weighted by atomic mass is 35.5. The van der Waals surface area contributed by atoms with Gasteiger partial charge in [0.05, 0.1) is 18.9 Å². The van der Waals surface area contributed by atoms with Crippen molar-refractivity contribution in [2.45, 2.75) is 12.7 Å². The zero-order chi connectivity index (χ0) is 21.0. The Bertz CT molecular complexity index is 1380. The Kier molecular flexibility index (Phi) is 4.07. The molecule has 1 aromatic carbocycles. The van der Waals surface area contributed by atoms with Gasteiger partial charge >= 0.3 is 6.18 Å². The lowest BCUT2D eigenvalue weighted by Crippen LogP contribution is -2.04. The molecule has 0 aliphatic rings. The zero-order valence-electron chi connectivity index (χ0n) is 15.5. The van der Waals surface area contributed by atoms with E-state index in [0.717, 1.165) is 22.9 Å². The van der Waals surface area contributed by atoms with Gasteiger partial charge in [-0.25, -0.2) is 15.0 Å². The maximum atomic E-state index is 12.9. The summed E-state index contributed by atoms with van der Waals surface area (Å²) in [6.45, 7) is 0.473. The van der Waals surface area contributed by atoms with Crippen molar-refractivity contribution >= 4 is 28.4 Å². The van der Waals surface area contributed by atoms with E-state index in [9.17, 15) is 13.2 Å². The molecule has 0 atom stereocenters. The quantitative estimate of drug-likeness (QED) is 0.402. The molecule has 0 unspecified atom stereocenters. The van der Waals surface area contributed by atoms with Crippen LogP contribution in [0.5, 0.6) is 0 Å². The highest BCUT2D eigenvalue weighted by molar-refractivity contribution is 6.28. The highest BCUT2D eigenvalue weighted by Crippen LogP contribution is 2.31. The van der Waals surface area contributed by atoms with Gasteiger partial charge in [-0.3, -0.25) is 4.40 Å². The maximum absolute atomic E-state index is 12.9. The van der Waals surface area contributed by atoms with Crippen LogP contribution in [0.1, 0.15) is 11.3 Å². The van der Waals surface area contributed by atoms with Crippen molar-refractivity contribution in [3.63, 3.8) is 0 Å². The molecule has 0 saturated carbocycles. The number of nitrogens with zero attached hydrogens (tertiary/aromatic N) is 7. The first-order chi connectivity index (χ1) is 14.3. The number of halogens is 4.